The van der Waals surface area contributed by atoms with Crippen LogP contribution in [0.5, 0.6) is 0 Å². The predicted octanol–water partition coefficient (Wildman–Crippen LogP) is 3.21. The third-order valence-corrected chi connectivity index (χ3v) is 3.43. The van der Waals surface area contributed by atoms with Gasteiger partial charge in [0, 0.05) is 19.8 Å². The summed E-state index contributed by atoms with van der Waals surface area (Å²) in [5.74, 6) is 1.73. The van der Waals surface area contributed by atoms with E-state index in [2.05, 4.69) is 48.9 Å². The van der Waals surface area contributed by atoms with E-state index in [0.29, 0.717) is 5.92 Å². The van der Waals surface area contributed by atoms with Crippen molar-refractivity contribution in [2.45, 2.75) is 40.3 Å². The number of nitrogens with one attached hydrogen (secondary N) is 1. The van der Waals surface area contributed by atoms with E-state index >= 15 is 0 Å². The Balaban J connectivity index is 1.78. The molecule has 4 nitrogen and oxygen atoms in total. The fourth-order valence-corrected chi connectivity index (χ4v) is 2.43. The number of rotatable bonds is 9. The number of ether oxygens (including phenoxy) is 1. The molecule has 0 fully saturated rings. The first-order chi connectivity index (χ1) is 10.2. The van der Waals surface area contributed by atoms with Gasteiger partial charge in [-0.3, -0.25) is 0 Å². The Bertz CT molecular complexity index is 548. The molecule has 21 heavy (non-hydrogen) atoms. The van der Waals surface area contributed by atoms with Crippen LogP contribution in [0.15, 0.2) is 24.3 Å². The minimum atomic E-state index is 0.613. The standard InChI is InChI=1S/C17H27N3O/c1-4-20-16-9-6-5-8-15(16)19-17(20)12-18-10-7-11-21-13-14(2)3/h5-6,8-9,14,18H,4,7,10-13H2,1-3H3. The van der Waals surface area contributed by atoms with Gasteiger partial charge in [-0.25, -0.2) is 4.98 Å². The molecule has 1 N–H and O–H groups in total. The maximum Gasteiger partial charge on any atom is 0.123 e. The third kappa shape index (κ3) is 4.55. The molecule has 0 aliphatic carbocycles. The van der Waals surface area contributed by atoms with Crippen molar-refractivity contribution in [2.75, 3.05) is 19.8 Å². The number of hydrogen-bond acceptors (Lipinski definition) is 3. The van der Waals surface area contributed by atoms with E-state index in [9.17, 15) is 0 Å². The summed E-state index contributed by atoms with van der Waals surface area (Å²) in [6.45, 7) is 10.9. The van der Waals surface area contributed by atoms with Gasteiger partial charge in [0.25, 0.3) is 0 Å². The summed E-state index contributed by atoms with van der Waals surface area (Å²) in [4.78, 5) is 4.71. The highest BCUT2D eigenvalue weighted by molar-refractivity contribution is 5.75. The molecular weight excluding hydrogens is 262 g/mol. The molecule has 4 heteroatoms. The van der Waals surface area contributed by atoms with E-state index in [4.69, 9.17) is 9.72 Å². The molecule has 0 aliphatic heterocycles. The number of fused-ring (bicyclic) bond motifs is 1. The maximum atomic E-state index is 5.58. The molecule has 1 aromatic heterocycles. The van der Waals surface area contributed by atoms with E-state index in [1.165, 1.54) is 5.52 Å². The summed E-state index contributed by atoms with van der Waals surface area (Å²) in [6.07, 6.45) is 1.04. The second-order valence-electron chi connectivity index (χ2n) is 5.76. The van der Waals surface area contributed by atoms with Gasteiger partial charge < -0.3 is 14.6 Å². The zero-order chi connectivity index (χ0) is 15.1. The Morgan fingerprint density at radius 3 is 2.86 bits per heavy atom. The summed E-state index contributed by atoms with van der Waals surface area (Å²) >= 11 is 0. The van der Waals surface area contributed by atoms with Crippen LogP contribution in [0.1, 0.15) is 33.0 Å². The van der Waals surface area contributed by atoms with Crippen molar-refractivity contribution in [2.24, 2.45) is 5.92 Å². The average Bonchev–Trinajstić information content (AvgIpc) is 2.83. The quantitative estimate of drug-likeness (QED) is 0.721. The van der Waals surface area contributed by atoms with Crippen LogP contribution in [0.25, 0.3) is 11.0 Å². The van der Waals surface area contributed by atoms with Gasteiger partial charge in [-0.2, -0.15) is 0 Å². The van der Waals surface area contributed by atoms with Crippen LogP contribution in [0.3, 0.4) is 0 Å². The van der Waals surface area contributed by atoms with Gasteiger partial charge in [-0.05, 0) is 37.9 Å². The molecule has 1 aromatic carbocycles. The summed E-state index contributed by atoms with van der Waals surface area (Å²) in [7, 11) is 0. The van der Waals surface area contributed by atoms with Crippen molar-refractivity contribution in [1.29, 1.82) is 0 Å². The monoisotopic (exact) mass is 289 g/mol. The number of para-hydroxylation sites is 2. The summed E-state index contributed by atoms with van der Waals surface area (Å²) in [6, 6.07) is 8.32. The Morgan fingerprint density at radius 2 is 2.10 bits per heavy atom. The molecule has 0 amide bonds. The number of aromatic nitrogens is 2. The molecule has 0 aliphatic rings. The van der Waals surface area contributed by atoms with Crippen molar-refractivity contribution in [3.8, 4) is 0 Å². The van der Waals surface area contributed by atoms with Gasteiger partial charge in [0.15, 0.2) is 0 Å². The third-order valence-electron chi connectivity index (χ3n) is 3.43. The first-order valence-electron chi connectivity index (χ1n) is 7.95. The average molecular weight is 289 g/mol. The maximum absolute atomic E-state index is 5.58. The molecule has 2 aromatic rings. The molecule has 2 rings (SSSR count). The fraction of sp³-hybridized carbons (Fsp3) is 0.588. The zero-order valence-electron chi connectivity index (χ0n) is 13.4. The summed E-state index contributed by atoms with van der Waals surface area (Å²) < 4.78 is 7.85. The van der Waals surface area contributed by atoms with Gasteiger partial charge in [-0.1, -0.05) is 26.0 Å². The Hall–Kier alpha value is -1.39. The van der Waals surface area contributed by atoms with Crippen molar-refractivity contribution >= 4 is 11.0 Å². The van der Waals surface area contributed by atoms with E-state index in [0.717, 1.165) is 50.6 Å². The second-order valence-corrected chi connectivity index (χ2v) is 5.76. The Labute approximate surface area is 127 Å². The Morgan fingerprint density at radius 1 is 1.29 bits per heavy atom. The van der Waals surface area contributed by atoms with Gasteiger partial charge in [0.2, 0.25) is 0 Å². The number of imidazole rings is 1. The molecule has 0 bridgehead atoms. The first-order valence-corrected chi connectivity index (χ1v) is 7.95. The minimum absolute atomic E-state index is 0.613. The van der Waals surface area contributed by atoms with Crippen LogP contribution in [0.2, 0.25) is 0 Å². The molecule has 0 atom stereocenters. The largest absolute Gasteiger partial charge is 0.381 e. The lowest BCUT2D eigenvalue weighted by atomic mass is 10.2. The van der Waals surface area contributed by atoms with Crippen LogP contribution in [0, 0.1) is 5.92 Å². The van der Waals surface area contributed by atoms with Crippen LogP contribution in [-0.2, 0) is 17.8 Å². The molecular formula is C17H27N3O. The smallest absolute Gasteiger partial charge is 0.123 e. The second kappa shape index (κ2) is 8.15. The summed E-state index contributed by atoms with van der Waals surface area (Å²) in [5, 5.41) is 3.46. The highest BCUT2D eigenvalue weighted by atomic mass is 16.5. The molecule has 116 valence electrons. The lowest BCUT2D eigenvalue weighted by Crippen LogP contribution is -2.19. The predicted molar refractivity (Wildman–Crippen MR) is 87.4 cm³/mol. The van der Waals surface area contributed by atoms with Crippen molar-refractivity contribution in [1.82, 2.24) is 14.9 Å². The SMILES string of the molecule is CCn1c(CNCCCOCC(C)C)nc2ccccc21. The van der Waals surface area contributed by atoms with Crippen LogP contribution in [0.4, 0.5) is 0 Å². The zero-order valence-corrected chi connectivity index (χ0v) is 13.4. The fourth-order valence-electron chi connectivity index (χ4n) is 2.43. The number of aryl methyl sites for hydroxylation is 1. The van der Waals surface area contributed by atoms with Crippen molar-refractivity contribution in [3.63, 3.8) is 0 Å². The first kappa shape index (κ1) is 16.0. The number of nitrogens with zero attached hydrogens (tertiary/aromatic N) is 2. The number of benzene rings is 1. The summed E-state index contributed by atoms with van der Waals surface area (Å²) in [5.41, 5.74) is 2.30. The van der Waals surface area contributed by atoms with Crippen molar-refractivity contribution < 1.29 is 4.74 Å². The normalized spacial score (nSPS) is 11.6. The van der Waals surface area contributed by atoms with E-state index in [1.807, 2.05) is 6.07 Å². The molecule has 0 unspecified atom stereocenters. The van der Waals surface area contributed by atoms with Gasteiger partial charge in [0.05, 0.1) is 17.6 Å². The molecule has 0 saturated heterocycles. The highest BCUT2D eigenvalue weighted by Crippen LogP contribution is 2.15. The Kier molecular flexibility index (Phi) is 6.21. The lowest BCUT2D eigenvalue weighted by molar-refractivity contribution is 0.108. The van der Waals surface area contributed by atoms with Gasteiger partial charge in [-0.15, -0.1) is 0 Å². The lowest BCUT2D eigenvalue weighted by Gasteiger charge is -2.09. The van der Waals surface area contributed by atoms with E-state index in [-0.39, 0.29) is 0 Å². The molecule has 0 saturated carbocycles. The van der Waals surface area contributed by atoms with E-state index in [1.54, 1.807) is 0 Å². The van der Waals surface area contributed by atoms with E-state index < -0.39 is 0 Å². The van der Waals surface area contributed by atoms with Gasteiger partial charge in [0.1, 0.15) is 5.82 Å². The van der Waals surface area contributed by atoms with Crippen LogP contribution >= 0.6 is 0 Å². The number of hydrogen-bond donors (Lipinski definition) is 1. The molecule has 0 radical (unpaired) electrons. The van der Waals surface area contributed by atoms with Crippen molar-refractivity contribution in [3.05, 3.63) is 30.1 Å². The van der Waals surface area contributed by atoms with Crippen LogP contribution in [-0.4, -0.2) is 29.3 Å². The molecule has 1 heterocycles. The van der Waals surface area contributed by atoms with Gasteiger partial charge >= 0.3 is 0 Å². The minimum Gasteiger partial charge on any atom is -0.381 e. The molecule has 0 spiro atoms. The topological polar surface area (TPSA) is 39.1 Å². The highest BCUT2D eigenvalue weighted by Gasteiger charge is 2.07. The van der Waals surface area contributed by atoms with Crippen LogP contribution < -0.4 is 5.32 Å².